The van der Waals surface area contributed by atoms with Crippen molar-refractivity contribution in [3.63, 3.8) is 0 Å². The smallest absolute Gasteiger partial charge is 0.274 e. The Morgan fingerprint density at radius 1 is 1.14 bits per heavy atom. The summed E-state index contributed by atoms with van der Waals surface area (Å²) in [6.45, 7) is -0.146. The Balaban J connectivity index is 1.66. The summed E-state index contributed by atoms with van der Waals surface area (Å²) in [4.78, 5) is 51.9. The molecule has 186 valence electrons. The van der Waals surface area contributed by atoms with Crippen LogP contribution in [-0.2, 0) is 11.3 Å². The molecule has 2 aliphatic rings. The zero-order valence-corrected chi connectivity index (χ0v) is 20.2. The van der Waals surface area contributed by atoms with E-state index < -0.39 is 23.9 Å². The number of pyridine rings is 1. The van der Waals surface area contributed by atoms with E-state index in [2.05, 4.69) is 9.97 Å². The summed E-state index contributed by atoms with van der Waals surface area (Å²) in [5.74, 6) is -1.17. The Labute approximate surface area is 207 Å². The molecular weight excluding hydrogens is 462 g/mol. The lowest BCUT2D eigenvalue weighted by molar-refractivity contribution is -0.135. The Morgan fingerprint density at radius 2 is 1.89 bits per heavy atom. The van der Waals surface area contributed by atoms with Gasteiger partial charge >= 0.3 is 0 Å². The van der Waals surface area contributed by atoms with Gasteiger partial charge in [0.1, 0.15) is 11.4 Å². The number of amides is 2. The lowest BCUT2D eigenvalue weighted by Crippen LogP contribution is -2.49. The van der Waals surface area contributed by atoms with E-state index in [-0.39, 0.29) is 36.2 Å². The molecule has 10 heteroatoms. The lowest BCUT2D eigenvalue weighted by atomic mass is 9.86. The summed E-state index contributed by atoms with van der Waals surface area (Å²) in [5, 5.41) is 10.4. The average Bonchev–Trinajstić information content (AvgIpc) is 3.14. The quantitative estimate of drug-likeness (QED) is 0.572. The number of rotatable bonds is 5. The number of hydrogen-bond donors (Lipinski definition) is 1. The average molecular weight is 490 g/mol. The van der Waals surface area contributed by atoms with Gasteiger partial charge in [0.2, 0.25) is 5.91 Å². The van der Waals surface area contributed by atoms with E-state index in [0.29, 0.717) is 17.0 Å². The van der Waals surface area contributed by atoms with Crippen LogP contribution in [-0.4, -0.2) is 75.1 Å². The minimum atomic E-state index is -0.733. The fourth-order valence-corrected chi connectivity index (χ4v) is 5.50. The van der Waals surface area contributed by atoms with Gasteiger partial charge < -0.3 is 24.2 Å². The summed E-state index contributed by atoms with van der Waals surface area (Å²) in [6, 6.07) is 9.44. The number of aromatic nitrogens is 3. The summed E-state index contributed by atoms with van der Waals surface area (Å²) < 4.78 is 6.86. The van der Waals surface area contributed by atoms with Crippen molar-refractivity contribution in [2.24, 2.45) is 11.8 Å². The van der Waals surface area contributed by atoms with Crippen LogP contribution >= 0.6 is 0 Å². The first-order valence-corrected chi connectivity index (χ1v) is 11.7. The standard InChI is InChI=1S/C26H27N5O5/c1-29(2)26(35)22-18(14-32)21-13-30-20(23(22)31(21)25(34)19-12-27-10-11-28-19)9-8-17(24(30)33)15-4-6-16(36-3)7-5-15/h4-12,18,21-23,32H,13-14H2,1-3H3/t18-,21-,22+,23+/m0/s1. The summed E-state index contributed by atoms with van der Waals surface area (Å²) in [5.41, 5.74) is 1.73. The normalized spacial score (nSPS) is 22.2. The molecule has 1 N–H and O–H groups in total. The minimum absolute atomic E-state index is 0.146. The van der Waals surface area contributed by atoms with E-state index in [1.54, 1.807) is 54.9 Å². The molecule has 1 fully saturated rings. The molecule has 1 saturated heterocycles. The molecular formula is C26H27N5O5. The van der Waals surface area contributed by atoms with Crippen LogP contribution in [0.5, 0.6) is 5.75 Å². The second-order valence-corrected chi connectivity index (χ2v) is 9.24. The Morgan fingerprint density at radius 3 is 2.50 bits per heavy atom. The third kappa shape index (κ3) is 3.65. The predicted octanol–water partition coefficient (Wildman–Crippen LogP) is 1.21. The monoisotopic (exact) mass is 489 g/mol. The van der Waals surface area contributed by atoms with Crippen LogP contribution in [0, 0.1) is 11.8 Å². The maximum Gasteiger partial charge on any atom is 0.274 e. The van der Waals surface area contributed by atoms with Crippen molar-refractivity contribution in [2.75, 3.05) is 27.8 Å². The van der Waals surface area contributed by atoms with E-state index in [9.17, 15) is 19.5 Å². The molecule has 3 aromatic rings. The van der Waals surface area contributed by atoms with Gasteiger partial charge in [-0.1, -0.05) is 12.1 Å². The van der Waals surface area contributed by atoms with Gasteiger partial charge in [0, 0.05) is 56.8 Å². The third-order valence-electron chi connectivity index (χ3n) is 7.19. The molecule has 2 aliphatic heterocycles. The molecule has 0 saturated carbocycles. The van der Waals surface area contributed by atoms with Gasteiger partial charge in [0.15, 0.2) is 0 Å². The molecule has 10 nitrogen and oxygen atoms in total. The molecule has 5 rings (SSSR count). The fourth-order valence-electron chi connectivity index (χ4n) is 5.50. The first kappa shape index (κ1) is 23.7. The number of benzene rings is 1. The fraction of sp³-hybridized carbons (Fsp3) is 0.346. The van der Waals surface area contributed by atoms with Crippen molar-refractivity contribution in [3.05, 3.63) is 76.7 Å². The highest BCUT2D eigenvalue weighted by Gasteiger charge is 2.58. The van der Waals surface area contributed by atoms with Gasteiger partial charge in [0.05, 0.1) is 31.3 Å². The molecule has 2 amide bonds. The van der Waals surface area contributed by atoms with Gasteiger partial charge in [-0.3, -0.25) is 19.4 Å². The number of nitrogens with zero attached hydrogens (tertiary/aromatic N) is 5. The van der Waals surface area contributed by atoms with Gasteiger partial charge in [-0.15, -0.1) is 0 Å². The molecule has 0 aliphatic carbocycles. The highest BCUT2D eigenvalue weighted by atomic mass is 16.5. The van der Waals surface area contributed by atoms with Crippen molar-refractivity contribution >= 4 is 11.8 Å². The maximum atomic E-state index is 13.7. The topological polar surface area (TPSA) is 118 Å². The van der Waals surface area contributed by atoms with Crippen LogP contribution in [0.15, 0.2) is 59.8 Å². The number of hydrogen-bond acceptors (Lipinski definition) is 7. The van der Waals surface area contributed by atoms with Crippen LogP contribution in [0.2, 0.25) is 0 Å². The molecule has 2 bridgehead atoms. The Bertz CT molecular complexity index is 1360. The van der Waals surface area contributed by atoms with Crippen molar-refractivity contribution in [2.45, 2.75) is 18.6 Å². The first-order valence-electron chi connectivity index (χ1n) is 11.7. The maximum absolute atomic E-state index is 13.7. The molecule has 36 heavy (non-hydrogen) atoms. The molecule has 4 atom stereocenters. The number of ether oxygens (including phenoxy) is 1. The number of aliphatic hydroxyl groups is 1. The molecule has 2 aromatic heterocycles. The second-order valence-electron chi connectivity index (χ2n) is 9.24. The highest BCUT2D eigenvalue weighted by molar-refractivity contribution is 5.94. The van der Waals surface area contributed by atoms with Crippen molar-refractivity contribution in [1.82, 2.24) is 24.3 Å². The van der Waals surface area contributed by atoms with Crippen LogP contribution in [0.1, 0.15) is 22.2 Å². The number of carbonyl (C=O) groups excluding carboxylic acids is 2. The van der Waals surface area contributed by atoms with E-state index in [4.69, 9.17) is 4.74 Å². The first-order chi connectivity index (χ1) is 17.4. The summed E-state index contributed by atoms with van der Waals surface area (Å²) in [6.07, 6.45) is 4.30. The van der Waals surface area contributed by atoms with E-state index in [1.807, 2.05) is 12.1 Å². The van der Waals surface area contributed by atoms with Crippen LogP contribution in [0.4, 0.5) is 0 Å². The SMILES string of the molecule is COc1ccc(-c2ccc3n(c2=O)C[C@H]2[C@H](CO)[C@@H](C(=O)N(C)C)[C@@H]3N2C(=O)c2cnccn2)cc1. The zero-order valence-electron chi connectivity index (χ0n) is 20.2. The molecule has 0 unspecified atom stereocenters. The van der Waals surface area contributed by atoms with E-state index in [1.165, 1.54) is 23.5 Å². The third-order valence-corrected chi connectivity index (χ3v) is 7.19. The molecule has 1 aromatic carbocycles. The molecule has 0 spiro atoms. The molecule has 0 radical (unpaired) electrons. The van der Waals surface area contributed by atoms with E-state index in [0.717, 1.165) is 5.56 Å². The summed E-state index contributed by atoms with van der Waals surface area (Å²) >= 11 is 0. The Kier molecular flexibility index (Phi) is 6.05. The number of methoxy groups -OCH3 is 1. The number of carbonyl (C=O) groups is 2. The van der Waals surface area contributed by atoms with Crippen molar-refractivity contribution in [3.8, 4) is 16.9 Å². The van der Waals surface area contributed by atoms with Gasteiger partial charge in [-0.05, 0) is 29.8 Å². The number of aliphatic hydroxyl groups excluding tert-OH is 1. The minimum Gasteiger partial charge on any atom is -0.497 e. The van der Waals surface area contributed by atoms with Gasteiger partial charge in [-0.2, -0.15) is 0 Å². The number of fused-ring (bicyclic) bond motifs is 4. The van der Waals surface area contributed by atoms with Crippen molar-refractivity contribution in [1.29, 1.82) is 0 Å². The van der Waals surface area contributed by atoms with E-state index >= 15 is 0 Å². The highest BCUT2D eigenvalue weighted by Crippen LogP contribution is 2.49. The van der Waals surface area contributed by atoms with Crippen molar-refractivity contribution < 1.29 is 19.4 Å². The van der Waals surface area contributed by atoms with Gasteiger partial charge in [-0.25, -0.2) is 4.98 Å². The Hall–Kier alpha value is -4.05. The summed E-state index contributed by atoms with van der Waals surface area (Å²) in [7, 11) is 4.87. The van der Waals surface area contributed by atoms with Crippen LogP contribution < -0.4 is 10.3 Å². The largest absolute Gasteiger partial charge is 0.497 e. The van der Waals surface area contributed by atoms with Gasteiger partial charge in [0.25, 0.3) is 11.5 Å². The zero-order chi connectivity index (χ0) is 25.6. The molecule has 4 heterocycles. The van der Waals surface area contributed by atoms with Crippen LogP contribution in [0.3, 0.4) is 0 Å². The lowest BCUT2D eigenvalue weighted by Gasteiger charge is -2.38. The predicted molar refractivity (Wildman–Crippen MR) is 130 cm³/mol. The second kappa shape index (κ2) is 9.19. The van der Waals surface area contributed by atoms with Crippen LogP contribution in [0.25, 0.3) is 11.1 Å².